The van der Waals surface area contributed by atoms with Gasteiger partial charge in [0.2, 0.25) is 0 Å². The van der Waals surface area contributed by atoms with E-state index < -0.39 is 12.1 Å². The third-order valence-electron chi connectivity index (χ3n) is 3.78. The Bertz CT molecular complexity index is 739. The molecule has 2 aromatic rings. The number of nitrogens with two attached hydrogens (primary N) is 1. The molecule has 0 heterocycles. The van der Waals surface area contributed by atoms with E-state index >= 15 is 0 Å². The number of hydrogen-bond donors (Lipinski definition) is 2. The predicted octanol–water partition coefficient (Wildman–Crippen LogP) is 2.75. The highest BCUT2D eigenvalue weighted by Gasteiger charge is 2.20. The van der Waals surface area contributed by atoms with Gasteiger partial charge in [0.1, 0.15) is 0 Å². The lowest BCUT2D eigenvalue weighted by Crippen LogP contribution is -2.35. The van der Waals surface area contributed by atoms with Gasteiger partial charge in [0.15, 0.2) is 6.10 Å². The number of amides is 1. The van der Waals surface area contributed by atoms with Gasteiger partial charge in [-0.2, -0.15) is 0 Å². The molecule has 3 N–H and O–H groups in total. The van der Waals surface area contributed by atoms with Gasteiger partial charge >= 0.3 is 5.97 Å². The summed E-state index contributed by atoms with van der Waals surface area (Å²) in [6.07, 6.45) is -0.900. The molecular weight excluding hydrogens is 304 g/mol. The van der Waals surface area contributed by atoms with E-state index in [9.17, 15) is 9.59 Å². The number of anilines is 1. The maximum absolute atomic E-state index is 12.2. The lowest BCUT2D eigenvalue weighted by Gasteiger charge is -2.15. The van der Waals surface area contributed by atoms with Gasteiger partial charge in [-0.1, -0.05) is 42.0 Å². The number of benzene rings is 2. The second kappa shape index (κ2) is 7.64. The Morgan fingerprint density at radius 3 is 2.46 bits per heavy atom. The lowest BCUT2D eigenvalue weighted by atomic mass is 10.1. The fourth-order valence-electron chi connectivity index (χ4n) is 2.18. The molecule has 24 heavy (non-hydrogen) atoms. The normalized spacial score (nSPS) is 11.6. The summed E-state index contributed by atoms with van der Waals surface area (Å²) in [5, 5.41) is 2.75. The van der Waals surface area contributed by atoms with Gasteiger partial charge < -0.3 is 15.8 Å². The molecule has 1 atom stereocenters. The third-order valence-corrected chi connectivity index (χ3v) is 3.78. The Morgan fingerprint density at radius 2 is 1.79 bits per heavy atom. The molecule has 0 aliphatic rings. The van der Waals surface area contributed by atoms with Crippen molar-refractivity contribution in [3.05, 3.63) is 64.7 Å². The Kier molecular flexibility index (Phi) is 5.58. The molecule has 2 rings (SSSR count). The number of hydrogen-bond acceptors (Lipinski definition) is 4. The molecule has 0 fully saturated rings. The minimum absolute atomic E-state index is 0.271. The molecular formula is C19H22N2O3. The first-order chi connectivity index (χ1) is 11.4. The SMILES string of the molecule is Cc1ccc(CNC(=O)[C@H](C)OC(=O)c2cccc(C)c2N)cc1. The van der Waals surface area contributed by atoms with Crippen LogP contribution in [-0.4, -0.2) is 18.0 Å². The van der Waals surface area contributed by atoms with Crippen molar-refractivity contribution in [3.8, 4) is 0 Å². The molecule has 0 unspecified atom stereocenters. The van der Waals surface area contributed by atoms with E-state index in [1.165, 1.54) is 6.92 Å². The van der Waals surface area contributed by atoms with Crippen LogP contribution in [0, 0.1) is 13.8 Å². The molecule has 0 radical (unpaired) electrons. The number of carbonyl (C=O) groups is 2. The Morgan fingerprint density at radius 1 is 1.12 bits per heavy atom. The van der Waals surface area contributed by atoms with Gasteiger partial charge in [-0.15, -0.1) is 0 Å². The topological polar surface area (TPSA) is 81.4 Å². The average molecular weight is 326 g/mol. The Labute approximate surface area is 141 Å². The molecule has 1 amide bonds. The molecule has 5 nitrogen and oxygen atoms in total. The van der Waals surface area contributed by atoms with Gasteiger partial charge in [0.05, 0.1) is 5.56 Å². The largest absolute Gasteiger partial charge is 0.449 e. The van der Waals surface area contributed by atoms with Gasteiger partial charge in [0.25, 0.3) is 5.91 Å². The van der Waals surface area contributed by atoms with Crippen molar-refractivity contribution >= 4 is 17.6 Å². The second-order valence-corrected chi connectivity index (χ2v) is 5.79. The molecule has 0 aromatic heterocycles. The van der Waals surface area contributed by atoms with Gasteiger partial charge in [0, 0.05) is 12.2 Å². The maximum atomic E-state index is 12.2. The summed E-state index contributed by atoms with van der Waals surface area (Å²) >= 11 is 0. The van der Waals surface area contributed by atoms with Crippen LogP contribution in [0.5, 0.6) is 0 Å². The molecule has 126 valence electrons. The van der Waals surface area contributed by atoms with Crippen molar-refractivity contribution in [1.82, 2.24) is 5.32 Å². The summed E-state index contributed by atoms with van der Waals surface area (Å²) in [6.45, 7) is 5.73. The molecule has 0 bridgehead atoms. The number of ether oxygens (including phenoxy) is 1. The highest BCUT2D eigenvalue weighted by molar-refractivity contribution is 5.97. The molecule has 0 spiro atoms. The highest BCUT2D eigenvalue weighted by atomic mass is 16.5. The smallest absolute Gasteiger partial charge is 0.341 e. The average Bonchev–Trinajstić information content (AvgIpc) is 2.56. The van der Waals surface area contributed by atoms with Crippen LogP contribution in [-0.2, 0) is 16.1 Å². The number of nitrogens with one attached hydrogen (secondary N) is 1. The van der Waals surface area contributed by atoms with Crippen molar-refractivity contribution in [2.24, 2.45) is 0 Å². The van der Waals surface area contributed by atoms with Crippen LogP contribution in [0.25, 0.3) is 0 Å². The molecule has 0 aliphatic carbocycles. The second-order valence-electron chi connectivity index (χ2n) is 5.79. The highest BCUT2D eigenvalue weighted by Crippen LogP contribution is 2.18. The van der Waals surface area contributed by atoms with E-state index in [0.29, 0.717) is 12.2 Å². The number of rotatable bonds is 5. The zero-order valence-electron chi connectivity index (χ0n) is 14.1. The van der Waals surface area contributed by atoms with Gasteiger partial charge in [-0.3, -0.25) is 4.79 Å². The van der Waals surface area contributed by atoms with Crippen molar-refractivity contribution in [3.63, 3.8) is 0 Å². The zero-order valence-corrected chi connectivity index (χ0v) is 14.1. The molecule has 0 aliphatic heterocycles. The minimum Gasteiger partial charge on any atom is -0.449 e. The van der Waals surface area contributed by atoms with Crippen LogP contribution < -0.4 is 11.1 Å². The number of para-hydroxylation sites is 1. The summed E-state index contributed by atoms with van der Waals surface area (Å²) in [6, 6.07) is 13.0. The Hall–Kier alpha value is -2.82. The minimum atomic E-state index is -0.900. The van der Waals surface area contributed by atoms with Crippen LogP contribution in [0.3, 0.4) is 0 Å². The summed E-state index contributed by atoms with van der Waals surface area (Å²) in [7, 11) is 0. The standard InChI is InChI=1S/C19H22N2O3/c1-12-7-9-15(10-8-12)11-21-18(22)14(3)24-19(23)16-6-4-5-13(2)17(16)20/h4-10,14H,11,20H2,1-3H3,(H,21,22)/t14-/m0/s1. The van der Waals surface area contributed by atoms with Crippen molar-refractivity contribution in [2.45, 2.75) is 33.4 Å². The van der Waals surface area contributed by atoms with E-state index in [4.69, 9.17) is 10.5 Å². The Balaban J connectivity index is 1.92. The zero-order chi connectivity index (χ0) is 17.7. The molecule has 2 aromatic carbocycles. The summed E-state index contributed by atoms with van der Waals surface area (Å²) in [5.74, 6) is -0.954. The van der Waals surface area contributed by atoms with E-state index in [1.807, 2.05) is 44.2 Å². The fraction of sp³-hybridized carbons (Fsp3) is 0.263. The van der Waals surface area contributed by atoms with Gasteiger partial charge in [-0.05, 0) is 38.0 Å². The molecule has 5 heteroatoms. The summed E-state index contributed by atoms with van der Waals surface area (Å²) < 4.78 is 5.21. The maximum Gasteiger partial charge on any atom is 0.341 e. The van der Waals surface area contributed by atoms with Crippen molar-refractivity contribution in [1.29, 1.82) is 0 Å². The number of carbonyl (C=O) groups excluding carboxylic acids is 2. The van der Waals surface area contributed by atoms with Crippen molar-refractivity contribution < 1.29 is 14.3 Å². The first kappa shape index (κ1) is 17.5. The van der Waals surface area contributed by atoms with Crippen LogP contribution in [0.1, 0.15) is 34.0 Å². The first-order valence-corrected chi connectivity index (χ1v) is 7.78. The van der Waals surface area contributed by atoms with E-state index in [2.05, 4.69) is 5.32 Å². The number of nitrogen functional groups attached to an aromatic ring is 1. The molecule has 0 saturated heterocycles. The van der Waals surface area contributed by atoms with Crippen LogP contribution >= 0.6 is 0 Å². The lowest BCUT2D eigenvalue weighted by molar-refractivity contribution is -0.129. The van der Waals surface area contributed by atoms with E-state index in [0.717, 1.165) is 16.7 Å². The predicted molar refractivity (Wildman–Crippen MR) is 93.5 cm³/mol. The monoisotopic (exact) mass is 326 g/mol. The van der Waals surface area contributed by atoms with Crippen LogP contribution in [0.4, 0.5) is 5.69 Å². The number of aryl methyl sites for hydroxylation is 2. The third kappa shape index (κ3) is 4.35. The summed E-state index contributed by atoms with van der Waals surface area (Å²) in [5.41, 5.74) is 9.45. The van der Waals surface area contributed by atoms with Crippen LogP contribution in [0.15, 0.2) is 42.5 Å². The summed E-state index contributed by atoms with van der Waals surface area (Å²) in [4.78, 5) is 24.2. The van der Waals surface area contributed by atoms with E-state index in [-0.39, 0.29) is 11.5 Å². The number of esters is 1. The van der Waals surface area contributed by atoms with E-state index in [1.54, 1.807) is 12.1 Å². The van der Waals surface area contributed by atoms with Crippen LogP contribution in [0.2, 0.25) is 0 Å². The first-order valence-electron chi connectivity index (χ1n) is 7.78. The van der Waals surface area contributed by atoms with Gasteiger partial charge in [-0.25, -0.2) is 4.79 Å². The molecule has 0 saturated carbocycles. The quantitative estimate of drug-likeness (QED) is 0.654. The fourth-order valence-corrected chi connectivity index (χ4v) is 2.18. The van der Waals surface area contributed by atoms with Crippen molar-refractivity contribution in [2.75, 3.05) is 5.73 Å².